The molecule has 148 valence electrons. The van der Waals surface area contributed by atoms with Gasteiger partial charge in [0.1, 0.15) is 0 Å². The van der Waals surface area contributed by atoms with Crippen molar-refractivity contribution in [3.8, 4) is 17.2 Å². The highest BCUT2D eigenvalue weighted by atomic mass is 16.5. The van der Waals surface area contributed by atoms with Gasteiger partial charge in [-0.05, 0) is 49.8 Å². The van der Waals surface area contributed by atoms with Crippen LogP contribution in [0.1, 0.15) is 53.0 Å². The first-order valence-electron chi connectivity index (χ1n) is 9.18. The first kappa shape index (κ1) is 21.9. The second-order valence-corrected chi connectivity index (χ2v) is 7.69. The standard InChI is InChI=1S/C20H35N3O3/c1-8-21-19(23-14(2)9-10-20(3,4)5)22-13-15-11-16(25-6)18(24)17(12-15)26-7/h11-12,14,24H,8-10,13H2,1-7H3,(H2,21,22,23). The van der Waals surface area contributed by atoms with Crippen molar-refractivity contribution in [1.82, 2.24) is 10.6 Å². The fourth-order valence-electron chi connectivity index (χ4n) is 2.48. The maximum Gasteiger partial charge on any atom is 0.200 e. The third kappa shape index (κ3) is 7.42. The van der Waals surface area contributed by atoms with Crippen LogP contribution >= 0.6 is 0 Å². The number of ether oxygens (including phenoxy) is 2. The van der Waals surface area contributed by atoms with Crippen LogP contribution in [-0.4, -0.2) is 37.9 Å². The summed E-state index contributed by atoms with van der Waals surface area (Å²) in [7, 11) is 3.04. The van der Waals surface area contributed by atoms with E-state index in [0.29, 0.717) is 29.5 Å². The van der Waals surface area contributed by atoms with Crippen molar-refractivity contribution < 1.29 is 14.6 Å². The van der Waals surface area contributed by atoms with Gasteiger partial charge in [0.25, 0.3) is 0 Å². The van der Waals surface area contributed by atoms with Crippen LogP contribution in [0.4, 0.5) is 0 Å². The zero-order valence-corrected chi connectivity index (χ0v) is 17.3. The number of aromatic hydroxyl groups is 1. The molecule has 6 nitrogen and oxygen atoms in total. The first-order chi connectivity index (χ1) is 12.2. The largest absolute Gasteiger partial charge is 0.502 e. The number of nitrogens with zero attached hydrogens (tertiary/aromatic N) is 1. The van der Waals surface area contributed by atoms with Gasteiger partial charge in [-0.15, -0.1) is 0 Å². The number of methoxy groups -OCH3 is 2. The normalized spacial score (nSPS) is 13.3. The molecular weight excluding hydrogens is 330 g/mol. The number of hydrogen-bond donors (Lipinski definition) is 3. The summed E-state index contributed by atoms with van der Waals surface area (Å²) in [5.74, 6) is 1.54. The first-order valence-corrected chi connectivity index (χ1v) is 9.18. The van der Waals surface area contributed by atoms with E-state index in [1.54, 1.807) is 12.1 Å². The molecule has 0 heterocycles. The highest BCUT2D eigenvalue weighted by molar-refractivity contribution is 5.80. The van der Waals surface area contributed by atoms with Gasteiger partial charge < -0.3 is 25.2 Å². The molecule has 0 aromatic heterocycles. The number of rotatable bonds is 8. The number of benzene rings is 1. The van der Waals surface area contributed by atoms with E-state index in [4.69, 9.17) is 9.47 Å². The molecule has 1 unspecified atom stereocenters. The summed E-state index contributed by atoms with van der Waals surface area (Å²) in [4.78, 5) is 4.65. The average molecular weight is 366 g/mol. The van der Waals surface area contributed by atoms with Crippen molar-refractivity contribution in [3.63, 3.8) is 0 Å². The maximum absolute atomic E-state index is 10.0. The summed E-state index contributed by atoms with van der Waals surface area (Å²) >= 11 is 0. The van der Waals surface area contributed by atoms with E-state index < -0.39 is 0 Å². The van der Waals surface area contributed by atoms with E-state index in [1.165, 1.54) is 14.2 Å². The van der Waals surface area contributed by atoms with Crippen LogP contribution in [0.5, 0.6) is 17.2 Å². The van der Waals surface area contributed by atoms with Crippen LogP contribution in [-0.2, 0) is 6.54 Å². The van der Waals surface area contributed by atoms with E-state index in [0.717, 1.165) is 30.9 Å². The maximum atomic E-state index is 10.0. The Kier molecular flexibility index (Phi) is 8.55. The van der Waals surface area contributed by atoms with Crippen molar-refractivity contribution in [2.75, 3.05) is 20.8 Å². The highest BCUT2D eigenvalue weighted by Crippen LogP contribution is 2.37. The van der Waals surface area contributed by atoms with Crippen LogP contribution in [0, 0.1) is 5.41 Å². The molecule has 1 aromatic carbocycles. The van der Waals surface area contributed by atoms with Gasteiger partial charge in [0.15, 0.2) is 17.5 Å². The number of phenolic OH excluding ortho intramolecular Hbond substituents is 1. The van der Waals surface area contributed by atoms with Crippen molar-refractivity contribution in [2.24, 2.45) is 10.4 Å². The van der Waals surface area contributed by atoms with Gasteiger partial charge in [0, 0.05) is 12.6 Å². The number of nitrogens with one attached hydrogen (secondary N) is 2. The predicted molar refractivity (Wildman–Crippen MR) is 107 cm³/mol. The van der Waals surface area contributed by atoms with Gasteiger partial charge in [-0.3, -0.25) is 0 Å². The minimum Gasteiger partial charge on any atom is -0.502 e. The van der Waals surface area contributed by atoms with Crippen LogP contribution in [0.3, 0.4) is 0 Å². The lowest BCUT2D eigenvalue weighted by atomic mass is 9.89. The average Bonchev–Trinajstić information content (AvgIpc) is 2.58. The van der Waals surface area contributed by atoms with E-state index in [9.17, 15) is 5.11 Å². The third-order valence-electron chi connectivity index (χ3n) is 4.01. The molecule has 26 heavy (non-hydrogen) atoms. The van der Waals surface area contributed by atoms with Crippen LogP contribution in [0.2, 0.25) is 0 Å². The smallest absolute Gasteiger partial charge is 0.200 e. The summed E-state index contributed by atoms with van der Waals surface area (Å²) in [6.07, 6.45) is 2.22. The molecule has 0 bridgehead atoms. The Labute approximate surface area is 158 Å². The minimum absolute atomic E-state index is 0.00330. The summed E-state index contributed by atoms with van der Waals surface area (Å²) < 4.78 is 10.4. The Bertz CT molecular complexity index is 569. The van der Waals surface area contributed by atoms with Gasteiger partial charge in [0.05, 0.1) is 20.8 Å². The lowest BCUT2D eigenvalue weighted by Gasteiger charge is -2.23. The Balaban J connectivity index is 2.83. The van der Waals surface area contributed by atoms with E-state index >= 15 is 0 Å². The number of guanidine groups is 1. The van der Waals surface area contributed by atoms with Gasteiger partial charge in [0.2, 0.25) is 5.75 Å². The summed E-state index contributed by atoms with van der Waals surface area (Å²) in [6.45, 7) is 12.2. The van der Waals surface area contributed by atoms with Crippen LogP contribution < -0.4 is 20.1 Å². The molecule has 1 atom stereocenters. The fourth-order valence-corrected chi connectivity index (χ4v) is 2.48. The van der Waals surface area contributed by atoms with Crippen molar-refractivity contribution >= 4 is 5.96 Å². The zero-order valence-electron chi connectivity index (χ0n) is 17.3. The molecular formula is C20H35N3O3. The number of hydrogen-bond acceptors (Lipinski definition) is 4. The number of aliphatic imine (C=N–C) groups is 1. The molecule has 3 N–H and O–H groups in total. The SMILES string of the molecule is CCNC(=NCc1cc(OC)c(O)c(OC)c1)NC(C)CCC(C)(C)C. The van der Waals surface area contributed by atoms with Crippen LogP contribution in [0.25, 0.3) is 0 Å². The predicted octanol–water partition coefficient (Wildman–Crippen LogP) is 3.68. The van der Waals surface area contributed by atoms with Crippen molar-refractivity contribution in [1.29, 1.82) is 0 Å². The Morgan fingerprint density at radius 3 is 2.23 bits per heavy atom. The molecule has 1 rings (SSSR count). The Morgan fingerprint density at radius 2 is 1.77 bits per heavy atom. The molecule has 0 aliphatic heterocycles. The molecule has 0 saturated heterocycles. The zero-order chi connectivity index (χ0) is 19.7. The van der Waals surface area contributed by atoms with Crippen molar-refractivity contribution in [3.05, 3.63) is 17.7 Å². The van der Waals surface area contributed by atoms with E-state index in [2.05, 4.69) is 43.3 Å². The molecule has 1 aromatic rings. The van der Waals surface area contributed by atoms with Crippen LogP contribution in [0.15, 0.2) is 17.1 Å². The second kappa shape index (κ2) is 10.1. The van der Waals surface area contributed by atoms with Gasteiger partial charge in [-0.2, -0.15) is 0 Å². The van der Waals surface area contributed by atoms with E-state index in [1.807, 2.05) is 6.92 Å². The fraction of sp³-hybridized carbons (Fsp3) is 0.650. The third-order valence-corrected chi connectivity index (χ3v) is 4.01. The molecule has 6 heteroatoms. The van der Waals surface area contributed by atoms with Crippen molar-refractivity contribution in [2.45, 2.75) is 60.0 Å². The molecule has 0 fully saturated rings. The molecule has 0 spiro atoms. The van der Waals surface area contributed by atoms with Gasteiger partial charge in [-0.25, -0.2) is 4.99 Å². The summed E-state index contributed by atoms with van der Waals surface area (Å²) in [6, 6.07) is 3.87. The molecule has 0 aliphatic rings. The van der Waals surface area contributed by atoms with E-state index in [-0.39, 0.29) is 5.75 Å². The lowest BCUT2D eigenvalue weighted by molar-refractivity contribution is 0.339. The summed E-state index contributed by atoms with van der Waals surface area (Å²) in [5.41, 5.74) is 1.22. The highest BCUT2D eigenvalue weighted by Gasteiger charge is 2.14. The quantitative estimate of drug-likeness (QED) is 0.484. The minimum atomic E-state index is 0.00330. The topological polar surface area (TPSA) is 75.1 Å². The Hall–Kier alpha value is -2.11. The molecule has 0 radical (unpaired) electrons. The summed E-state index contributed by atoms with van der Waals surface area (Å²) in [5, 5.41) is 16.7. The molecule has 0 saturated carbocycles. The van der Waals surface area contributed by atoms with Gasteiger partial charge in [-0.1, -0.05) is 20.8 Å². The second-order valence-electron chi connectivity index (χ2n) is 7.69. The monoisotopic (exact) mass is 365 g/mol. The molecule has 0 amide bonds. The lowest BCUT2D eigenvalue weighted by Crippen LogP contribution is -2.42. The van der Waals surface area contributed by atoms with Gasteiger partial charge >= 0.3 is 0 Å². The Morgan fingerprint density at radius 1 is 1.19 bits per heavy atom. The molecule has 0 aliphatic carbocycles. The number of phenols is 1.